The van der Waals surface area contributed by atoms with E-state index in [4.69, 9.17) is 19.4 Å². The van der Waals surface area contributed by atoms with E-state index in [-0.39, 0.29) is 17.1 Å². The number of nitrogens with one attached hydrogen (secondary N) is 1. The Morgan fingerprint density at radius 2 is 1.79 bits per heavy atom. The molecule has 2 heterocycles. The van der Waals surface area contributed by atoms with E-state index >= 15 is 0 Å². The van der Waals surface area contributed by atoms with Crippen molar-refractivity contribution in [1.82, 2.24) is 19.7 Å². The van der Waals surface area contributed by atoms with Crippen molar-refractivity contribution in [3.63, 3.8) is 0 Å². The molecule has 0 saturated heterocycles. The predicted octanol–water partition coefficient (Wildman–Crippen LogP) is 5.84. The highest BCUT2D eigenvalue weighted by molar-refractivity contribution is 7.98. The number of alkyl halides is 6. The average Bonchev–Trinajstić information content (AvgIpc) is 3.33. The molecule has 0 atom stereocenters. The second kappa shape index (κ2) is 13.5. The molecule has 16 heteroatoms. The smallest absolute Gasteiger partial charge is 0.490 e. The molecule has 0 saturated carbocycles. The number of halogens is 6. The number of aromatic nitrogens is 4. The summed E-state index contributed by atoms with van der Waals surface area (Å²) in [4.78, 5) is 28.4. The third-order valence-electron chi connectivity index (χ3n) is 5.24. The number of aliphatic carboxylic acids is 1. The molecule has 0 amide bonds. The van der Waals surface area contributed by atoms with Crippen LogP contribution in [-0.2, 0) is 30.2 Å². The van der Waals surface area contributed by atoms with Gasteiger partial charge in [-0.1, -0.05) is 23.9 Å². The minimum Gasteiger partial charge on any atom is -0.493 e. The molecule has 42 heavy (non-hydrogen) atoms. The second-order valence-corrected chi connectivity index (χ2v) is 9.40. The fourth-order valence-corrected chi connectivity index (χ4v) is 4.06. The first-order valence-corrected chi connectivity index (χ1v) is 12.7. The van der Waals surface area contributed by atoms with Gasteiger partial charge in [-0.3, -0.25) is 9.48 Å². The summed E-state index contributed by atoms with van der Waals surface area (Å²) >= 11 is 1.34. The molecular formula is C26H22F6N4O5S. The zero-order valence-electron chi connectivity index (χ0n) is 21.8. The third kappa shape index (κ3) is 9.29. The van der Waals surface area contributed by atoms with Crippen LogP contribution in [0.3, 0.4) is 0 Å². The number of rotatable bonds is 8. The van der Waals surface area contributed by atoms with Crippen molar-refractivity contribution in [3.8, 4) is 17.2 Å². The van der Waals surface area contributed by atoms with E-state index in [9.17, 15) is 31.1 Å². The van der Waals surface area contributed by atoms with Gasteiger partial charge in [0.1, 0.15) is 5.75 Å². The van der Waals surface area contributed by atoms with Crippen molar-refractivity contribution in [3.05, 3.63) is 93.7 Å². The number of carboxylic acids is 1. The van der Waals surface area contributed by atoms with E-state index in [0.29, 0.717) is 28.6 Å². The quantitative estimate of drug-likeness (QED) is 0.144. The summed E-state index contributed by atoms with van der Waals surface area (Å²) < 4.78 is 83.3. The summed E-state index contributed by atoms with van der Waals surface area (Å²) in [6.45, 7) is 0. The van der Waals surface area contributed by atoms with Crippen LogP contribution in [0.25, 0.3) is 0 Å². The summed E-state index contributed by atoms with van der Waals surface area (Å²) in [5.74, 6) is -1.58. The summed E-state index contributed by atoms with van der Waals surface area (Å²) in [5, 5.41) is 11.7. The van der Waals surface area contributed by atoms with Crippen LogP contribution < -0.4 is 15.0 Å². The Balaban J connectivity index is 0.000000616. The highest BCUT2D eigenvalue weighted by Gasteiger charge is 2.38. The van der Waals surface area contributed by atoms with Crippen LogP contribution in [0.2, 0.25) is 0 Å². The largest absolute Gasteiger partial charge is 0.493 e. The van der Waals surface area contributed by atoms with Gasteiger partial charge in [0.15, 0.2) is 16.7 Å². The molecule has 2 N–H and O–H groups in total. The molecule has 0 bridgehead atoms. The first kappa shape index (κ1) is 32.0. The predicted molar refractivity (Wildman–Crippen MR) is 139 cm³/mol. The van der Waals surface area contributed by atoms with E-state index in [0.717, 1.165) is 23.3 Å². The number of ether oxygens (including phenoxy) is 2. The molecule has 0 aliphatic rings. The molecule has 0 unspecified atom stereocenters. The van der Waals surface area contributed by atoms with E-state index < -0.39 is 23.9 Å². The molecule has 2 aromatic heterocycles. The van der Waals surface area contributed by atoms with E-state index in [1.807, 2.05) is 13.2 Å². The van der Waals surface area contributed by atoms with Crippen LogP contribution in [0.5, 0.6) is 17.2 Å². The Morgan fingerprint density at radius 3 is 2.36 bits per heavy atom. The summed E-state index contributed by atoms with van der Waals surface area (Å²) in [6.07, 6.45) is -3.91. The molecule has 4 rings (SSSR count). The number of nitrogens with zero attached hydrogens (tertiary/aromatic N) is 3. The van der Waals surface area contributed by atoms with Crippen molar-refractivity contribution in [2.45, 2.75) is 29.7 Å². The van der Waals surface area contributed by atoms with E-state index in [1.165, 1.54) is 31.0 Å². The van der Waals surface area contributed by atoms with Crippen LogP contribution in [-0.4, -0.2) is 44.1 Å². The molecule has 0 radical (unpaired) electrons. The zero-order chi connectivity index (χ0) is 31.1. The molecule has 2 aromatic carbocycles. The average molecular weight is 617 g/mol. The normalized spacial score (nSPS) is 11.4. The van der Waals surface area contributed by atoms with Crippen molar-refractivity contribution < 1.29 is 45.7 Å². The molecule has 9 nitrogen and oxygen atoms in total. The van der Waals surface area contributed by atoms with Gasteiger partial charge >= 0.3 is 18.3 Å². The van der Waals surface area contributed by atoms with Gasteiger partial charge in [-0.2, -0.15) is 36.4 Å². The van der Waals surface area contributed by atoms with Crippen LogP contribution in [0.15, 0.2) is 71.0 Å². The Morgan fingerprint density at radius 1 is 1.07 bits per heavy atom. The number of methoxy groups -OCH3 is 1. The number of benzene rings is 2. The molecule has 0 aliphatic carbocycles. The van der Waals surface area contributed by atoms with Crippen LogP contribution in [0, 0.1) is 0 Å². The molecule has 0 aliphatic heterocycles. The Kier molecular flexibility index (Phi) is 10.3. The molecule has 224 valence electrons. The lowest BCUT2D eigenvalue weighted by atomic mass is 10.1. The number of carboxylic acid groups (broad SMARTS) is 1. The minimum atomic E-state index is -5.08. The highest BCUT2D eigenvalue weighted by atomic mass is 32.2. The SMILES string of the molecule is COc1cc(CSc2nc(=O)c(Cc3cnn(C)c3)c[nH]2)ccc1Oc1cccc(C(F)(F)F)c1.O=C(O)C(F)(F)F. The van der Waals surface area contributed by atoms with Gasteiger partial charge in [-0.05, 0) is 41.5 Å². The number of aryl methyl sites for hydroxylation is 1. The van der Waals surface area contributed by atoms with Gasteiger partial charge in [0.05, 0.1) is 18.9 Å². The Bertz CT molecular complexity index is 1590. The number of H-pyrrole nitrogens is 1. The van der Waals surface area contributed by atoms with E-state index in [1.54, 1.807) is 35.3 Å². The summed E-state index contributed by atoms with van der Waals surface area (Å²) in [7, 11) is 3.26. The summed E-state index contributed by atoms with van der Waals surface area (Å²) in [6, 6.07) is 9.77. The zero-order valence-corrected chi connectivity index (χ0v) is 22.6. The lowest BCUT2D eigenvalue weighted by Gasteiger charge is -2.13. The first-order chi connectivity index (χ1) is 19.7. The fraction of sp³-hybridized carbons (Fsp3) is 0.231. The lowest BCUT2D eigenvalue weighted by Crippen LogP contribution is -2.21. The number of hydrogen-bond acceptors (Lipinski definition) is 7. The Hall–Kier alpha value is -4.47. The number of carbonyl (C=O) groups is 1. The van der Waals surface area contributed by atoms with Crippen LogP contribution in [0.1, 0.15) is 22.3 Å². The molecular weight excluding hydrogens is 594 g/mol. The van der Waals surface area contributed by atoms with Crippen LogP contribution >= 0.6 is 11.8 Å². The lowest BCUT2D eigenvalue weighted by molar-refractivity contribution is -0.192. The number of thioether (sulfide) groups is 1. The van der Waals surface area contributed by atoms with Gasteiger partial charge in [-0.25, -0.2) is 4.79 Å². The minimum absolute atomic E-state index is 0.0494. The molecule has 0 spiro atoms. The number of aromatic amines is 1. The van der Waals surface area contributed by atoms with Gasteiger partial charge in [0, 0.05) is 37.2 Å². The van der Waals surface area contributed by atoms with Gasteiger partial charge in [0.25, 0.3) is 5.56 Å². The van der Waals surface area contributed by atoms with Crippen molar-refractivity contribution >= 4 is 17.7 Å². The standard InChI is InChI=1S/C24H21F3N4O3S.C2HF3O2/c1-31-13-16(11-29-31)8-17-12-28-23(30-22(17)32)35-14-15-6-7-20(21(9-15)33-2)34-19-5-3-4-18(10-19)24(25,26)27;3-2(4,5)1(6)7/h3-7,9-13H,8,14H2,1-2H3,(H,28,30,32);(H,6,7). The maximum Gasteiger partial charge on any atom is 0.490 e. The van der Waals surface area contributed by atoms with Crippen molar-refractivity contribution in [2.75, 3.05) is 7.11 Å². The van der Waals surface area contributed by atoms with Crippen LogP contribution in [0.4, 0.5) is 26.3 Å². The summed E-state index contributed by atoms with van der Waals surface area (Å²) in [5.41, 5.74) is 1.21. The topological polar surface area (TPSA) is 119 Å². The Labute approximate surface area is 238 Å². The van der Waals surface area contributed by atoms with Gasteiger partial charge in [0.2, 0.25) is 0 Å². The number of hydrogen-bond donors (Lipinski definition) is 2. The van der Waals surface area contributed by atoms with Gasteiger partial charge < -0.3 is 19.6 Å². The molecule has 0 fully saturated rings. The first-order valence-electron chi connectivity index (χ1n) is 11.7. The maximum atomic E-state index is 13.0. The second-order valence-electron chi connectivity index (χ2n) is 8.44. The van der Waals surface area contributed by atoms with E-state index in [2.05, 4.69) is 15.1 Å². The molecule has 4 aromatic rings. The fourth-order valence-electron chi connectivity index (χ4n) is 3.29. The highest BCUT2D eigenvalue weighted by Crippen LogP contribution is 2.36. The third-order valence-corrected chi connectivity index (χ3v) is 6.20. The van der Waals surface area contributed by atoms with Crippen molar-refractivity contribution in [2.24, 2.45) is 7.05 Å². The monoisotopic (exact) mass is 616 g/mol. The van der Waals surface area contributed by atoms with Crippen molar-refractivity contribution in [1.29, 1.82) is 0 Å². The van der Waals surface area contributed by atoms with Gasteiger partial charge in [-0.15, -0.1) is 0 Å². The maximum absolute atomic E-state index is 13.0.